The van der Waals surface area contributed by atoms with Crippen LogP contribution < -0.4 is 5.56 Å². The first-order valence-corrected chi connectivity index (χ1v) is 12.9. The van der Waals surface area contributed by atoms with Gasteiger partial charge in [-0.05, 0) is 62.9 Å². The van der Waals surface area contributed by atoms with Crippen molar-refractivity contribution in [3.63, 3.8) is 0 Å². The molecule has 0 bridgehead atoms. The minimum absolute atomic E-state index is 0.0853. The molecule has 3 aromatic rings. The maximum absolute atomic E-state index is 13.8. The van der Waals surface area contributed by atoms with Crippen LogP contribution in [-0.4, -0.2) is 26.9 Å². The molecule has 0 saturated heterocycles. The molecule has 180 valence electrons. The Labute approximate surface area is 206 Å². The van der Waals surface area contributed by atoms with Gasteiger partial charge in [0.2, 0.25) is 5.91 Å². The van der Waals surface area contributed by atoms with Crippen molar-refractivity contribution in [2.45, 2.75) is 71.8 Å². The molecule has 5 nitrogen and oxygen atoms in total. The molecular weight excluding hydrogens is 446 g/mol. The maximum atomic E-state index is 13.8. The van der Waals surface area contributed by atoms with Gasteiger partial charge in [-0.15, -0.1) is 0 Å². The standard InChI is InChI=1S/C28H34ClN3O2/c1-4-5-6-9-18-31(27(33)21-12-10-13-21)20(3)26-30-24-16-8-7-14-22(24)28(34)32(26)25-17-11-15-23(29)19(25)2/h7-8,11,14-17,20-21H,4-6,9-10,12-13,18H2,1-3H3. The Balaban J connectivity index is 1.85. The van der Waals surface area contributed by atoms with Gasteiger partial charge >= 0.3 is 0 Å². The second-order valence-electron chi connectivity index (χ2n) is 9.41. The number of para-hydroxylation sites is 1. The summed E-state index contributed by atoms with van der Waals surface area (Å²) in [6.07, 6.45) is 7.33. The van der Waals surface area contributed by atoms with E-state index in [1.54, 1.807) is 10.6 Å². The number of hydrogen-bond donors (Lipinski definition) is 0. The van der Waals surface area contributed by atoms with Gasteiger partial charge in [0.25, 0.3) is 5.56 Å². The van der Waals surface area contributed by atoms with Crippen molar-refractivity contribution in [2.24, 2.45) is 5.92 Å². The van der Waals surface area contributed by atoms with Crippen molar-refractivity contribution < 1.29 is 4.79 Å². The number of halogens is 1. The fraction of sp³-hybridized carbons (Fsp3) is 0.464. The van der Waals surface area contributed by atoms with Gasteiger partial charge in [0.15, 0.2) is 0 Å². The number of benzene rings is 2. The lowest BCUT2D eigenvalue weighted by atomic mass is 9.84. The predicted octanol–water partition coefficient (Wildman–Crippen LogP) is 6.62. The van der Waals surface area contributed by atoms with Gasteiger partial charge in [-0.3, -0.25) is 14.2 Å². The van der Waals surface area contributed by atoms with Crippen LogP contribution in [-0.2, 0) is 4.79 Å². The van der Waals surface area contributed by atoms with E-state index in [2.05, 4.69) is 6.92 Å². The number of fused-ring (bicyclic) bond motifs is 1. The van der Waals surface area contributed by atoms with Crippen LogP contribution in [0.25, 0.3) is 16.6 Å². The Kier molecular flexibility index (Phi) is 7.72. The largest absolute Gasteiger partial charge is 0.333 e. The van der Waals surface area contributed by atoms with Crippen molar-refractivity contribution in [1.29, 1.82) is 0 Å². The van der Waals surface area contributed by atoms with Crippen molar-refractivity contribution in [3.05, 3.63) is 69.2 Å². The summed E-state index contributed by atoms with van der Waals surface area (Å²) in [5.41, 5.74) is 2.03. The van der Waals surface area contributed by atoms with Gasteiger partial charge in [-0.1, -0.05) is 62.4 Å². The van der Waals surface area contributed by atoms with Crippen LogP contribution in [0.4, 0.5) is 0 Å². The molecule has 1 aliphatic rings. The molecular formula is C28H34ClN3O2. The third-order valence-corrected chi connectivity index (χ3v) is 7.52. The number of amides is 1. The van der Waals surface area contributed by atoms with Crippen LogP contribution in [0.15, 0.2) is 47.3 Å². The summed E-state index contributed by atoms with van der Waals surface area (Å²) in [5.74, 6) is 0.853. The monoisotopic (exact) mass is 479 g/mol. The van der Waals surface area contributed by atoms with Gasteiger partial charge < -0.3 is 4.90 Å². The van der Waals surface area contributed by atoms with E-state index in [0.29, 0.717) is 34.0 Å². The van der Waals surface area contributed by atoms with Crippen LogP contribution in [0.3, 0.4) is 0 Å². The second kappa shape index (κ2) is 10.7. The highest BCUT2D eigenvalue weighted by Crippen LogP contribution is 2.33. The number of nitrogens with zero attached hydrogens (tertiary/aromatic N) is 3. The fourth-order valence-corrected chi connectivity index (χ4v) is 4.90. The summed E-state index contributed by atoms with van der Waals surface area (Å²) in [6.45, 7) is 6.78. The van der Waals surface area contributed by atoms with Crippen molar-refractivity contribution in [3.8, 4) is 5.69 Å². The van der Waals surface area contributed by atoms with Crippen LogP contribution in [0, 0.1) is 12.8 Å². The van der Waals surface area contributed by atoms with Crippen LogP contribution in [0.1, 0.15) is 76.2 Å². The number of hydrogen-bond acceptors (Lipinski definition) is 3. The van der Waals surface area contributed by atoms with E-state index >= 15 is 0 Å². The number of carbonyl (C=O) groups is 1. The summed E-state index contributed by atoms with van der Waals surface area (Å²) < 4.78 is 1.67. The number of unbranched alkanes of at least 4 members (excludes halogenated alkanes) is 3. The first kappa shape index (κ1) is 24.5. The number of rotatable bonds is 9. The van der Waals surface area contributed by atoms with E-state index in [-0.39, 0.29) is 23.4 Å². The lowest BCUT2D eigenvalue weighted by Crippen LogP contribution is -2.43. The predicted molar refractivity (Wildman–Crippen MR) is 139 cm³/mol. The van der Waals surface area contributed by atoms with E-state index in [4.69, 9.17) is 16.6 Å². The summed E-state index contributed by atoms with van der Waals surface area (Å²) in [7, 11) is 0. The van der Waals surface area contributed by atoms with E-state index in [1.165, 1.54) is 0 Å². The first-order valence-electron chi connectivity index (χ1n) is 12.5. The highest BCUT2D eigenvalue weighted by Gasteiger charge is 2.34. The summed E-state index contributed by atoms with van der Waals surface area (Å²) in [4.78, 5) is 34.2. The maximum Gasteiger partial charge on any atom is 0.266 e. The normalized spacial score (nSPS) is 14.7. The zero-order chi connectivity index (χ0) is 24.2. The quantitative estimate of drug-likeness (QED) is 0.324. The molecule has 2 aromatic carbocycles. The van der Waals surface area contributed by atoms with Crippen molar-refractivity contribution in [1.82, 2.24) is 14.5 Å². The highest BCUT2D eigenvalue weighted by atomic mass is 35.5. The molecule has 1 amide bonds. The zero-order valence-corrected chi connectivity index (χ0v) is 21.1. The zero-order valence-electron chi connectivity index (χ0n) is 20.4. The lowest BCUT2D eigenvalue weighted by Gasteiger charge is -2.36. The molecule has 1 aromatic heterocycles. The Morgan fingerprint density at radius 3 is 2.62 bits per heavy atom. The lowest BCUT2D eigenvalue weighted by molar-refractivity contribution is -0.140. The topological polar surface area (TPSA) is 55.2 Å². The molecule has 1 aliphatic carbocycles. The Bertz CT molecular complexity index is 1230. The van der Waals surface area contributed by atoms with Gasteiger partial charge in [0, 0.05) is 17.5 Å². The van der Waals surface area contributed by atoms with E-state index in [1.807, 2.05) is 55.1 Å². The Hall–Kier alpha value is -2.66. The molecule has 0 N–H and O–H groups in total. The third-order valence-electron chi connectivity index (χ3n) is 7.11. The number of carbonyl (C=O) groups excluding carboxylic acids is 1. The average Bonchev–Trinajstić information content (AvgIpc) is 2.79. The fourth-order valence-electron chi connectivity index (χ4n) is 4.73. The molecule has 1 heterocycles. The third kappa shape index (κ3) is 4.76. The second-order valence-corrected chi connectivity index (χ2v) is 9.81. The molecule has 0 aliphatic heterocycles. The highest BCUT2D eigenvalue weighted by molar-refractivity contribution is 6.31. The molecule has 6 heteroatoms. The van der Waals surface area contributed by atoms with Gasteiger partial charge in [0.05, 0.1) is 22.6 Å². The summed E-state index contributed by atoms with van der Waals surface area (Å²) >= 11 is 6.45. The van der Waals surface area contributed by atoms with Crippen molar-refractivity contribution >= 4 is 28.4 Å². The molecule has 1 saturated carbocycles. The Morgan fingerprint density at radius 2 is 1.91 bits per heavy atom. The summed E-state index contributed by atoms with van der Waals surface area (Å²) in [6, 6.07) is 12.6. The van der Waals surface area contributed by atoms with Crippen molar-refractivity contribution in [2.75, 3.05) is 6.54 Å². The van der Waals surface area contributed by atoms with E-state index in [0.717, 1.165) is 50.5 Å². The summed E-state index contributed by atoms with van der Waals surface area (Å²) in [5, 5.41) is 1.15. The van der Waals surface area contributed by atoms with Gasteiger partial charge in [-0.2, -0.15) is 0 Å². The molecule has 34 heavy (non-hydrogen) atoms. The van der Waals surface area contributed by atoms with Crippen LogP contribution in [0.2, 0.25) is 5.02 Å². The smallest absolute Gasteiger partial charge is 0.266 e. The molecule has 0 radical (unpaired) electrons. The van der Waals surface area contributed by atoms with Crippen LogP contribution in [0.5, 0.6) is 0 Å². The van der Waals surface area contributed by atoms with Gasteiger partial charge in [-0.25, -0.2) is 4.98 Å². The molecule has 0 spiro atoms. The molecule has 1 unspecified atom stereocenters. The Morgan fingerprint density at radius 1 is 1.15 bits per heavy atom. The average molecular weight is 480 g/mol. The first-order chi connectivity index (χ1) is 16.4. The number of aromatic nitrogens is 2. The minimum Gasteiger partial charge on any atom is -0.333 e. The van der Waals surface area contributed by atoms with Gasteiger partial charge in [0.1, 0.15) is 5.82 Å². The van der Waals surface area contributed by atoms with E-state index in [9.17, 15) is 9.59 Å². The molecule has 1 fully saturated rings. The molecule has 4 rings (SSSR count). The van der Waals surface area contributed by atoms with Crippen LogP contribution >= 0.6 is 11.6 Å². The minimum atomic E-state index is -0.342. The molecule has 1 atom stereocenters. The SMILES string of the molecule is CCCCCCN(C(=O)C1CCC1)C(C)c1nc2ccccc2c(=O)n1-c1cccc(Cl)c1C. The van der Waals surface area contributed by atoms with E-state index < -0.39 is 0 Å².